The van der Waals surface area contributed by atoms with E-state index in [4.69, 9.17) is 4.74 Å². The number of nitrogens with one attached hydrogen (secondary N) is 1. The molecule has 1 amide bonds. The van der Waals surface area contributed by atoms with Crippen LogP contribution in [0.25, 0.3) is 5.69 Å². The van der Waals surface area contributed by atoms with Crippen LogP contribution in [0.15, 0.2) is 73.1 Å². The van der Waals surface area contributed by atoms with E-state index in [1.54, 1.807) is 24.2 Å². The third-order valence-electron chi connectivity index (χ3n) is 3.77. The third kappa shape index (κ3) is 3.70. The molecule has 3 aromatic rings. The largest absolute Gasteiger partial charge is 0.375 e. The van der Waals surface area contributed by atoms with E-state index in [-0.39, 0.29) is 12.0 Å². The monoisotopic (exact) mass is 321 g/mol. The lowest BCUT2D eigenvalue weighted by Gasteiger charge is -2.16. The number of methoxy groups -OCH3 is 1. The summed E-state index contributed by atoms with van der Waals surface area (Å²) in [4.78, 5) is 12.3. The van der Waals surface area contributed by atoms with Gasteiger partial charge in [0, 0.05) is 19.9 Å². The molecular weight excluding hydrogens is 302 g/mol. The standard InChI is InChI=1S/C19H19N3O2/c1-24-18(15-8-4-2-5-9-15)13-20-19(23)16-12-21-22(14-16)17-10-6-3-7-11-17/h2-12,14,18H,13H2,1H3,(H,20,23). The molecule has 0 saturated heterocycles. The van der Waals surface area contributed by atoms with Gasteiger partial charge in [-0.1, -0.05) is 48.5 Å². The summed E-state index contributed by atoms with van der Waals surface area (Å²) < 4.78 is 7.14. The van der Waals surface area contributed by atoms with Crippen molar-refractivity contribution in [3.05, 3.63) is 84.2 Å². The van der Waals surface area contributed by atoms with Crippen LogP contribution in [0.2, 0.25) is 0 Å². The lowest BCUT2D eigenvalue weighted by molar-refractivity contribution is 0.0828. The summed E-state index contributed by atoms with van der Waals surface area (Å²) in [6.07, 6.45) is 3.10. The van der Waals surface area contributed by atoms with Crippen molar-refractivity contribution in [2.75, 3.05) is 13.7 Å². The first-order valence-corrected chi connectivity index (χ1v) is 7.74. The first-order valence-electron chi connectivity index (χ1n) is 7.74. The summed E-state index contributed by atoms with van der Waals surface area (Å²) >= 11 is 0. The topological polar surface area (TPSA) is 56.1 Å². The number of amides is 1. The molecule has 24 heavy (non-hydrogen) atoms. The van der Waals surface area contributed by atoms with E-state index >= 15 is 0 Å². The number of hydrogen-bond donors (Lipinski definition) is 1. The van der Waals surface area contributed by atoms with Gasteiger partial charge in [-0.2, -0.15) is 5.10 Å². The second-order valence-electron chi connectivity index (χ2n) is 5.35. The maximum Gasteiger partial charge on any atom is 0.254 e. The molecule has 0 saturated carbocycles. The number of carbonyl (C=O) groups excluding carboxylic acids is 1. The maximum absolute atomic E-state index is 12.3. The lowest BCUT2D eigenvalue weighted by Crippen LogP contribution is -2.28. The van der Waals surface area contributed by atoms with Crippen molar-refractivity contribution >= 4 is 5.91 Å². The Morgan fingerprint density at radius 2 is 1.79 bits per heavy atom. The number of benzene rings is 2. The molecule has 0 aliphatic heterocycles. The van der Waals surface area contributed by atoms with Gasteiger partial charge in [0.25, 0.3) is 5.91 Å². The number of nitrogens with zero attached hydrogens (tertiary/aromatic N) is 2. The summed E-state index contributed by atoms with van der Waals surface area (Å²) in [5, 5.41) is 7.13. The highest BCUT2D eigenvalue weighted by atomic mass is 16.5. The zero-order valence-corrected chi connectivity index (χ0v) is 13.4. The van der Waals surface area contributed by atoms with E-state index in [0.29, 0.717) is 12.1 Å². The van der Waals surface area contributed by atoms with Gasteiger partial charge in [0.1, 0.15) is 0 Å². The summed E-state index contributed by atoms with van der Waals surface area (Å²) in [6.45, 7) is 0.399. The average Bonchev–Trinajstić information content (AvgIpc) is 3.14. The Hall–Kier alpha value is -2.92. The molecule has 1 heterocycles. The van der Waals surface area contributed by atoms with Crippen LogP contribution in [0.3, 0.4) is 0 Å². The number of para-hydroxylation sites is 1. The summed E-state index contributed by atoms with van der Waals surface area (Å²) in [5.41, 5.74) is 2.46. The molecule has 0 spiro atoms. The molecule has 1 aromatic heterocycles. The summed E-state index contributed by atoms with van der Waals surface area (Å²) in [5.74, 6) is -0.171. The van der Waals surface area contributed by atoms with Gasteiger partial charge >= 0.3 is 0 Å². The number of ether oxygens (including phenoxy) is 1. The van der Waals surface area contributed by atoms with Gasteiger partial charge < -0.3 is 10.1 Å². The predicted octanol–water partition coefficient (Wildman–Crippen LogP) is 2.99. The van der Waals surface area contributed by atoms with Gasteiger partial charge in [0.15, 0.2) is 0 Å². The molecule has 1 atom stereocenters. The minimum Gasteiger partial charge on any atom is -0.375 e. The third-order valence-corrected chi connectivity index (χ3v) is 3.77. The molecule has 0 bridgehead atoms. The Kier molecular flexibility index (Phi) is 5.03. The van der Waals surface area contributed by atoms with Crippen LogP contribution >= 0.6 is 0 Å². The van der Waals surface area contributed by atoms with Crippen molar-refractivity contribution in [3.63, 3.8) is 0 Å². The zero-order chi connectivity index (χ0) is 16.8. The van der Waals surface area contributed by atoms with E-state index in [9.17, 15) is 4.79 Å². The van der Waals surface area contributed by atoms with E-state index in [1.165, 1.54) is 0 Å². The van der Waals surface area contributed by atoms with Crippen LogP contribution in [-0.4, -0.2) is 29.3 Å². The van der Waals surface area contributed by atoms with Crippen molar-refractivity contribution in [2.45, 2.75) is 6.10 Å². The van der Waals surface area contributed by atoms with E-state index in [1.807, 2.05) is 60.7 Å². The highest BCUT2D eigenvalue weighted by Gasteiger charge is 2.14. The molecular formula is C19H19N3O2. The van der Waals surface area contributed by atoms with Gasteiger partial charge in [-0.25, -0.2) is 4.68 Å². The Bertz CT molecular complexity index is 785. The Labute approximate surface area is 140 Å². The van der Waals surface area contributed by atoms with Crippen LogP contribution < -0.4 is 5.32 Å². The fourth-order valence-electron chi connectivity index (χ4n) is 2.45. The Morgan fingerprint density at radius 3 is 2.46 bits per heavy atom. The summed E-state index contributed by atoms with van der Waals surface area (Å²) in [7, 11) is 1.64. The molecule has 1 unspecified atom stereocenters. The smallest absolute Gasteiger partial charge is 0.254 e. The normalized spacial score (nSPS) is 11.9. The number of carbonyl (C=O) groups is 1. The molecule has 122 valence electrons. The van der Waals surface area contributed by atoms with Crippen molar-refractivity contribution in [3.8, 4) is 5.69 Å². The fourth-order valence-corrected chi connectivity index (χ4v) is 2.45. The molecule has 0 aliphatic carbocycles. The second-order valence-corrected chi connectivity index (χ2v) is 5.35. The zero-order valence-electron chi connectivity index (χ0n) is 13.4. The Balaban J connectivity index is 1.64. The lowest BCUT2D eigenvalue weighted by atomic mass is 10.1. The van der Waals surface area contributed by atoms with Gasteiger partial charge in [0.05, 0.1) is 23.6 Å². The highest BCUT2D eigenvalue weighted by molar-refractivity contribution is 5.93. The minimum absolute atomic E-state index is 0.171. The molecule has 2 aromatic carbocycles. The van der Waals surface area contributed by atoms with Crippen molar-refractivity contribution in [1.29, 1.82) is 0 Å². The van der Waals surface area contributed by atoms with Crippen LogP contribution in [0.4, 0.5) is 0 Å². The fraction of sp³-hybridized carbons (Fsp3) is 0.158. The molecule has 0 aliphatic rings. The average molecular weight is 321 g/mol. The van der Waals surface area contributed by atoms with Crippen molar-refractivity contribution in [2.24, 2.45) is 0 Å². The molecule has 0 radical (unpaired) electrons. The van der Waals surface area contributed by atoms with E-state index < -0.39 is 0 Å². The van der Waals surface area contributed by atoms with Crippen LogP contribution in [0, 0.1) is 0 Å². The van der Waals surface area contributed by atoms with E-state index in [0.717, 1.165) is 11.3 Å². The number of hydrogen-bond acceptors (Lipinski definition) is 3. The van der Waals surface area contributed by atoms with Gasteiger partial charge in [0.2, 0.25) is 0 Å². The van der Waals surface area contributed by atoms with Crippen molar-refractivity contribution < 1.29 is 9.53 Å². The molecule has 1 N–H and O–H groups in total. The SMILES string of the molecule is COC(CNC(=O)c1cnn(-c2ccccc2)c1)c1ccccc1. The van der Waals surface area contributed by atoms with Gasteiger partial charge in [-0.15, -0.1) is 0 Å². The van der Waals surface area contributed by atoms with Crippen molar-refractivity contribution in [1.82, 2.24) is 15.1 Å². The molecule has 5 nitrogen and oxygen atoms in total. The van der Waals surface area contributed by atoms with Crippen LogP contribution in [0.5, 0.6) is 0 Å². The molecule has 3 rings (SSSR count). The maximum atomic E-state index is 12.3. The first-order chi connectivity index (χ1) is 11.8. The second kappa shape index (κ2) is 7.57. The molecule has 5 heteroatoms. The number of rotatable bonds is 6. The highest BCUT2D eigenvalue weighted by Crippen LogP contribution is 2.15. The van der Waals surface area contributed by atoms with Gasteiger partial charge in [-0.3, -0.25) is 4.79 Å². The van der Waals surface area contributed by atoms with Gasteiger partial charge in [-0.05, 0) is 17.7 Å². The predicted molar refractivity (Wildman–Crippen MR) is 92.1 cm³/mol. The minimum atomic E-state index is -0.181. The quantitative estimate of drug-likeness (QED) is 0.759. The Morgan fingerprint density at radius 1 is 1.12 bits per heavy atom. The van der Waals surface area contributed by atoms with Crippen LogP contribution in [0.1, 0.15) is 22.0 Å². The van der Waals surface area contributed by atoms with E-state index in [2.05, 4.69) is 10.4 Å². The first kappa shape index (κ1) is 16.0. The molecule has 0 fully saturated rings. The van der Waals surface area contributed by atoms with Crippen LogP contribution in [-0.2, 0) is 4.74 Å². The number of aromatic nitrogens is 2. The summed E-state index contributed by atoms with van der Waals surface area (Å²) in [6, 6.07) is 19.5.